The number of anilines is 2. The molecule has 0 saturated carbocycles. The predicted octanol–water partition coefficient (Wildman–Crippen LogP) is 4.42. The van der Waals surface area contributed by atoms with Gasteiger partial charge in [0.25, 0.3) is 0 Å². The van der Waals surface area contributed by atoms with E-state index in [2.05, 4.69) is 22.1 Å². The number of benzene rings is 2. The van der Waals surface area contributed by atoms with Crippen LogP contribution in [0.1, 0.15) is 18.1 Å². The van der Waals surface area contributed by atoms with Crippen molar-refractivity contribution in [3.63, 3.8) is 0 Å². The summed E-state index contributed by atoms with van der Waals surface area (Å²) in [4.78, 5) is 23.8. The van der Waals surface area contributed by atoms with E-state index in [-0.39, 0.29) is 11.2 Å². The number of carbonyl (C=O) groups is 1. The van der Waals surface area contributed by atoms with Crippen molar-refractivity contribution < 1.29 is 4.79 Å². The maximum absolute atomic E-state index is 13.4. The quantitative estimate of drug-likeness (QED) is 0.512. The Kier molecular flexibility index (Phi) is 4.71. The van der Waals surface area contributed by atoms with Crippen molar-refractivity contribution in [2.75, 3.05) is 4.90 Å². The average molecular weight is 361 g/mol. The Labute approximate surface area is 157 Å². The van der Waals surface area contributed by atoms with Gasteiger partial charge < -0.3 is 0 Å². The molecule has 0 spiro atoms. The number of carbonyl (C=O) groups excluding carboxylic acids is 1. The number of thioether (sulfide) groups is 1. The molecule has 4 nitrogen and oxygen atoms in total. The van der Waals surface area contributed by atoms with Gasteiger partial charge in [0.05, 0.1) is 16.6 Å². The molecule has 0 radical (unpaired) electrons. The molecular weight excluding hydrogens is 342 g/mol. The molecule has 130 valence electrons. The number of para-hydroxylation sites is 2. The Morgan fingerprint density at radius 3 is 2.04 bits per heavy atom. The molecule has 0 fully saturated rings. The van der Waals surface area contributed by atoms with E-state index in [1.807, 2.05) is 48.2 Å². The summed E-state index contributed by atoms with van der Waals surface area (Å²) in [6, 6.07) is 18.1. The zero-order valence-electron chi connectivity index (χ0n) is 14.5. The number of aryl methyl sites for hydroxylation is 2. The third kappa shape index (κ3) is 3.22. The number of fused-ring (bicyclic) bond motifs is 2. The van der Waals surface area contributed by atoms with E-state index >= 15 is 0 Å². The lowest BCUT2D eigenvalue weighted by Crippen LogP contribution is -2.33. The van der Waals surface area contributed by atoms with E-state index in [0.29, 0.717) is 5.16 Å². The van der Waals surface area contributed by atoms with E-state index in [9.17, 15) is 4.79 Å². The van der Waals surface area contributed by atoms with E-state index < -0.39 is 0 Å². The molecule has 1 atom stereocenters. The molecule has 4 rings (SSSR count). The maximum Gasteiger partial charge on any atom is 0.244 e. The molecule has 1 unspecified atom stereocenters. The lowest BCUT2D eigenvalue weighted by Gasteiger charge is -2.27. The van der Waals surface area contributed by atoms with Gasteiger partial charge in [0.2, 0.25) is 5.91 Å². The second-order valence-corrected chi connectivity index (χ2v) is 7.53. The van der Waals surface area contributed by atoms with Gasteiger partial charge >= 0.3 is 0 Å². The number of rotatable bonds is 3. The highest BCUT2D eigenvalue weighted by atomic mass is 32.2. The van der Waals surface area contributed by atoms with Crippen LogP contribution >= 0.6 is 11.8 Å². The minimum absolute atomic E-state index is 0.0456. The number of amides is 1. The van der Waals surface area contributed by atoms with Crippen molar-refractivity contribution in [1.82, 2.24) is 9.97 Å². The van der Waals surface area contributed by atoms with Crippen LogP contribution in [0.4, 0.5) is 11.4 Å². The molecule has 0 bridgehead atoms. The van der Waals surface area contributed by atoms with Gasteiger partial charge in [-0.3, -0.25) is 9.69 Å². The summed E-state index contributed by atoms with van der Waals surface area (Å²) in [5, 5.41) is 0.321. The highest BCUT2D eigenvalue weighted by Crippen LogP contribution is 2.37. The lowest BCUT2D eigenvalue weighted by atomic mass is 10.0. The van der Waals surface area contributed by atoms with Crippen LogP contribution in [0.5, 0.6) is 0 Å². The van der Waals surface area contributed by atoms with Crippen LogP contribution in [0.2, 0.25) is 0 Å². The summed E-state index contributed by atoms with van der Waals surface area (Å²) < 4.78 is 0. The molecule has 1 aromatic heterocycles. The number of nitrogens with zero attached hydrogens (tertiary/aromatic N) is 3. The Morgan fingerprint density at radius 1 is 0.923 bits per heavy atom. The highest BCUT2D eigenvalue weighted by molar-refractivity contribution is 8.00. The Hall–Kier alpha value is -2.66. The van der Waals surface area contributed by atoms with Crippen molar-refractivity contribution in [3.8, 4) is 0 Å². The molecule has 26 heavy (non-hydrogen) atoms. The SMILES string of the molecule is CC(Sc1ncccn1)C(=O)N1c2ccccc2CCc2ccccc21. The van der Waals surface area contributed by atoms with Gasteiger partial charge in [-0.15, -0.1) is 0 Å². The van der Waals surface area contributed by atoms with Crippen LogP contribution in [0.15, 0.2) is 72.1 Å². The Morgan fingerprint density at radius 2 is 1.46 bits per heavy atom. The van der Waals surface area contributed by atoms with Crippen molar-refractivity contribution in [1.29, 1.82) is 0 Å². The van der Waals surface area contributed by atoms with Crippen LogP contribution in [-0.2, 0) is 17.6 Å². The predicted molar refractivity (Wildman–Crippen MR) is 105 cm³/mol. The first-order valence-electron chi connectivity index (χ1n) is 8.67. The van der Waals surface area contributed by atoms with Crippen molar-refractivity contribution in [2.45, 2.75) is 30.2 Å². The summed E-state index contributed by atoms with van der Waals surface area (Å²) in [6.07, 6.45) is 5.26. The lowest BCUT2D eigenvalue weighted by molar-refractivity contribution is -0.117. The normalized spacial score (nSPS) is 14.1. The summed E-state index contributed by atoms with van der Waals surface area (Å²) in [7, 11) is 0. The standard InChI is InChI=1S/C21H19N3OS/c1-15(26-21-22-13-6-14-23-21)20(25)24-18-9-4-2-7-16(18)11-12-17-8-3-5-10-19(17)24/h2-10,13-15H,11-12H2,1H3. The van der Waals surface area contributed by atoms with Gasteiger partial charge in [0.15, 0.2) is 5.16 Å². The van der Waals surface area contributed by atoms with Gasteiger partial charge in [-0.25, -0.2) is 9.97 Å². The Balaban J connectivity index is 1.73. The monoisotopic (exact) mass is 361 g/mol. The van der Waals surface area contributed by atoms with Crippen LogP contribution in [0.25, 0.3) is 0 Å². The van der Waals surface area contributed by atoms with Gasteiger partial charge in [-0.2, -0.15) is 0 Å². The molecule has 0 saturated heterocycles. The van der Waals surface area contributed by atoms with Crippen LogP contribution in [0, 0.1) is 0 Å². The second kappa shape index (κ2) is 7.30. The zero-order chi connectivity index (χ0) is 17.9. The van der Waals surface area contributed by atoms with E-state index in [4.69, 9.17) is 0 Å². The zero-order valence-corrected chi connectivity index (χ0v) is 15.3. The Bertz CT molecular complexity index is 882. The number of hydrogen-bond acceptors (Lipinski definition) is 4. The fraction of sp³-hybridized carbons (Fsp3) is 0.190. The summed E-state index contributed by atoms with van der Waals surface area (Å²) in [5.41, 5.74) is 4.35. The third-order valence-electron chi connectivity index (χ3n) is 4.52. The van der Waals surface area contributed by atoms with Gasteiger partial charge in [0.1, 0.15) is 0 Å². The van der Waals surface area contributed by atoms with E-state index in [1.54, 1.807) is 18.5 Å². The number of hydrogen-bond donors (Lipinski definition) is 0. The molecular formula is C21H19N3OS. The molecule has 5 heteroatoms. The maximum atomic E-state index is 13.4. The van der Waals surface area contributed by atoms with Gasteiger partial charge in [-0.1, -0.05) is 48.2 Å². The molecule has 2 heterocycles. The van der Waals surface area contributed by atoms with Crippen LogP contribution in [0.3, 0.4) is 0 Å². The summed E-state index contributed by atoms with van der Waals surface area (Å²) >= 11 is 1.39. The third-order valence-corrected chi connectivity index (χ3v) is 5.50. The van der Waals surface area contributed by atoms with Gasteiger partial charge in [-0.05, 0) is 49.1 Å². The minimum Gasteiger partial charge on any atom is -0.280 e. The van der Waals surface area contributed by atoms with Crippen molar-refractivity contribution in [2.24, 2.45) is 0 Å². The van der Waals surface area contributed by atoms with E-state index in [1.165, 1.54) is 22.9 Å². The molecule has 1 aliphatic rings. The second-order valence-electron chi connectivity index (χ2n) is 6.22. The van der Waals surface area contributed by atoms with Crippen LogP contribution < -0.4 is 4.90 Å². The summed E-state index contributed by atoms with van der Waals surface area (Å²) in [6.45, 7) is 1.92. The smallest absolute Gasteiger partial charge is 0.244 e. The first-order valence-corrected chi connectivity index (χ1v) is 9.55. The molecule has 1 aliphatic heterocycles. The fourth-order valence-corrected chi connectivity index (χ4v) is 4.02. The van der Waals surface area contributed by atoms with Crippen molar-refractivity contribution in [3.05, 3.63) is 78.1 Å². The largest absolute Gasteiger partial charge is 0.280 e. The molecule has 3 aromatic rings. The summed E-state index contributed by atoms with van der Waals surface area (Å²) in [5.74, 6) is 0.0456. The fourth-order valence-electron chi connectivity index (χ4n) is 3.25. The molecule has 0 N–H and O–H groups in total. The highest BCUT2D eigenvalue weighted by Gasteiger charge is 2.29. The van der Waals surface area contributed by atoms with Crippen molar-refractivity contribution >= 4 is 29.0 Å². The van der Waals surface area contributed by atoms with Crippen LogP contribution in [-0.4, -0.2) is 21.1 Å². The molecule has 2 aromatic carbocycles. The first kappa shape index (κ1) is 16.8. The number of aromatic nitrogens is 2. The first-order chi connectivity index (χ1) is 12.7. The molecule has 0 aliphatic carbocycles. The average Bonchev–Trinajstić information content (AvgIpc) is 2.85. The topological polar surface area (TPSA) is 46.1 Å². The van der Waals surface area contributed by atoms with Gasteiger partial charge in [0, 0.05) is 12.4 Å². The minimum atomic E-state index is -0.295. The molecule has 1 amide bonds. The van der Waals surface area contributed by atoms with E-state index in [0.717, 1.165) is 24.2 Å².